The molecule has 0 spiro atoms. The zero-order chi connectivity index (χ0) is 18.0. The summed E-state index contributed by atoms with van der Waals surface area (Å²) in [6.45, 7) is 3.26. The molecule has 0 aliphatic carbocycles. The number of ether oxygens (including phenoxy) is 1. The van der Waals surface area contributed by atoms with Crippen molar-refractivity contribution in [2.45, 2.75) is 20.4 Å². The van der Waals surface area contributed by atoms with Crippen molar-refractivity contribution in [1.82, 2.24) is 9.88 Å². The minimum Gasteiger partial charge on any atom is -0.465 e. The monoisotopic (exact) mass is 336 g/mol. The van der Waals surface area contributed by atoms with Crippen LogP contribution in [0.15, 0.2) is 18.2 Å². The number of rotatable bonds is 4. The summed E-state index contributed by atoms with van der Waals surface area (Å²) in [5, 5.41) is 0. The molecule has 1 aromatic carbocycles. The third-order valence-corrected chi connectivity index (χ3v) is 3.81. The summed E-state index contributed by atoms with van der Waals surface area (Å²) in [4.78, 5) is 28.5. The van der Waals surface area contributed by atoms with Crippen LogP contribution in [0.2, 0.25) is 0 Å². The molecule has 7 heteroatoms. The number of carbonyl (C=O) groups is 2. The highest BCUT2D eigenvalue weighted by molar-refractivity contribution is 6.00. The Morgan fingerprint density at radius 3 is 2.50 bits per heavy atom. The minimum atomic E-state index is -0.718. The molecule has 1 heterocycles. The molecular weight excluding hydrogens is 318 g/mol. The Morgan fingerprint density at radius 1 is 1.25 bits per heavy atom. The van der Waals surface area contributed by atoms with Crippen molar-refractivity contribution >= 4 is 11.9 Å². The maximum Gasteiger partial charge on any atom is 0.339 e. The second-order valence-electron chi connectivity index (χ2n) is 5.51. The van der Waals surface area contributed by atoms with E-state index in [0.717, 1.165) is 12.1 Å². The van der Waals surface area contributed by atoms with Crippen molar-refractivity contribution in [3.8, 4) is 0 Å². The molecule has 0 saturated carbocycles. The summed E-state index contributed by atoms with van der Waals surface area (Å²) in [5.74, 6) is -2.34. The molecule has 0 aliphatic rings. The molecule has 128 valence electrons. The fourth-order valence-corrected chi connectivity index (χ4v) is 2.54. The van der Waals surface area contributed by atoms with Crippen LogP contribution in [0.4, 0.5) is 8.78 Å². The van der Waals surface area contributed by atoms with Crippen molar-refractivity contribution in [3.05, 3.63) is 57.9 Å². The number of carbonyl (C=O) groups excluding carboxylic acids is 2. The van der Waals surface area contributed by atoms with E-state index in [1.807, 2.05) is 0 Å². The topological polar surface area (TPSA) is 62.4 Å². The number of esters is 1. The number of aromatic amines is 1. The Bertz CT molecular complexity index is 799. The highest BCUT2D eigenvalue weighted by Gasteiger charge is 2.24. The quantitative estimate of drug-likeness (QED) is 0.873. The van der Waals surface area contributed by atoms with Gasteiger partial charge in [-0.15, -0.1) is 0 Å². The summed E-state index contributed by atoms with van der Waals surface area (Å²) in [5.41, 5.74) is 1.72. The predicted molar refractivity (Wildman–Crippen MR) is 83.8 cm³/mol. The first-order valence-electron chi connectivity index (χ1n) is 7.23. The number of nitrogens with one attached hydrogen (secondary N) is 1. The number of hydrogen-bond acceptors (Lipinski definition) is 3. The highest BCUT2D eigenvalue weighted by Crippen LogP contribution is 2.21. The number of nitrogens with zero attached hydrogens (tertiary/aromatic N) is 1. The van der Waals surface area contributed by atoms with E-state index in [1.54, 1.807) is 13.8 Å². The molecule has 0 saturated heterocycles. The Hall–Kier alpha value is -2.70. The van der Waals surface area contributed by atoms with E-state index in [-0.39, 0.29) is 17.8 Å². The van der Waals surface area contributed by atoms with Gasteiger partial charge in [0.05, 0.1) is 12.7 Å². The normalized spacial score (nSPS) is 10.6. The molecule has 0 bridgehead atoms. The van der Waals surface area contributed by atoms with Crippen molar-refractivity contribution in [3.63, 3.8) is 0 Å². The molecule has 5 nitrogen and oxygen atoms in total. The smallest absolute Gasteiger partial charge is 0.339 e. The lowest BCUT2D eigenvalue weighted by Crippen LogP contribution is -2.27. The Morgan fingerprint density at radius 2 is 1.92 bits per heavy atom. The molecule has 0 unspecified atom stereocenters. The van der Waals surface area contributed by atoms with Crippen LogP contribution in [-0.2, 0) is 11.3 Å². The number of amides is 1. The zero-order valence-corrected chi connectivity index (χ0v) is 13.9. The molecule has 1 amide bonds. The fourth-order valence-electron chi connectivity index (χ4n) is 2.54. The number of hydrogen-bond donors (Lipinski definition) is 1. The summed E-state index contributed by atoms with van der Waals surface area (Å²) in [7, 11) is 2.76. The third kappa shape index (κ3) is 3.29. The maximum atomic E-state index is 13.7. The molecule has 2 aromatic rings. The lowest BCUT2D eigenvalue weighted by atomic mass is 10.1. The van der Waals surface area contributed by atoms with E-state index in [4.69, 9.17) is 4.74 Å². The van der Waals surface area contributed by atoms with Gasteiger partial charge in [0.25, 0.3) is 5.91 Å². The lowest BCUT2D eigenvalue weighted by molar-refractivity contribution is 0.0599. The zero-order valence-electron chi connectivity index (χ0n) is 13.9. The number of methoxy groups -OCH3 is 1. The van der Waals surface area contributed by atoms with Crippen LogP contribution in [-0.4, -0.2) is 35.9 Å². The van der Waals surface area contributed by atoms with Gasteiger partial charge in [-0.25, -0.2) is 13.6 Å². The molecule has 0 aliphatic heterocycles. The number of aryl methyl sites for hydroxylation is 1. The molecular formula is C17H18F2N2O3. The van der Waals surface area contributed by atoms with E-state index in [0.29, 0.717) is 16.8 Å². The van der Waals surface area contributed by atoms with Crippen LogP contribution in [0.1, 0.15) is 37.7 Å². The van der Waals surface area contributed by atoms with Crippen LogP contribution in [0.5, 0.6) is 0 Å². The van der Waals surface area contributed by atoms with Gasteiger partial charge < -0.3 is 14.6 Å². The molecule has 24 heavy (non-hydrogen) atoms. The summed E-state index contributed by atoms with van der Waals surface area (Å²) < 4.78 is 31.4. The van der Waals surface area contributed by atoms with Gasteiger partial charge in [-0.05, 0) is 25.5 Å². The first-order chi connectivity index (χ1) is 11.3. The molecule has 0 atom stereocenters. The van der Waals surface area contributed by atoms with Crippen LogP contribution >= 0.6 is 0 Å². The SMILES string of the molecule is COC(=O)c1c(C)[nH]c(C(=O)N(C)Cc2ccc(F)cc2F)c1C. The molecule has 1 N–H and O–H groups in total. The van der Waals surface area contributed by atoms with Gasteiger partial charge in [-0.2, -0.15) is 0 Å². The molecule has 0 radical (unpaired) electrons. The average molecular weight is 336 g/mol. The Kier molecular flexibility index (Phi) is 5.02. The molecule has 0 fully saturated rings. The van der Waals surface area contributed by atoms with Crippen molar-refractivity contribution in [2.24, 2.45) is 0 Å². The van der Waals surface area contributed by atoms with Crippen LogP contribution in [0.25, 0.3) is 0 Å². The van der Waals surface area contributed by atoms with Gasteiger partial charge in [-0.1, -0.05) is 6.07 Å². The first-order valence-corrected chi connectivity index (χ1v) is 7.23. The Labute approximate surface area is 138 Å². The lowest BCUT2D eigenvalue weighted by Gasteiger charge is -2.17. The van der Waals surface area contributed by atoms with E-state index in [9.17, 15) is 18.4 Å². The van der Waals surface area contributed by atoms with E-state index < -0.39 is 23.5 Å². The van der Waals surface area contributed by atoms with Crippen LogP contribution in [0.3, 0.4) is 0 Å². The Balaban J connectivity index is 2.27. The minimum absolute atomic E-state index is 0.0317. The van der Waals surface area contributed by atoms with Gasteiger partial charge in [0.2, 0.25) is 0 Å². The largest absolute Gasteiger partial charge is 0.465 e. The highest BCUT2D eigenvalue weighted by atomic mass is 19.1. The van der Waals surface area contributed by atoms with Crippen LogP contribution < -0.4 is 0 Å². The van der Waals surface area contributed by atoms with Gasteiger partial charge in [0.15, 0.2) is 0 Å². The van der Waals surface area contributed by atoms with Gasteiger partial charge in [0.1, 0.15) is 17.3 Å². The van der Waals surface area contributed by atoms with Gasteiger partial charge in [-0.3, -0.25) is 4.79 Å². The van der Waals surface area contributed by atoms with Crippen molar-refractivity contribution in [2.75, 3.05) is 14.2 Å². The summed E-state index contributed by atoms with van der Waals surface area (Å²) >= 11 is 0. The predicted octanol–water partition coefficient (Wildman–Crippen LogP) is 2.97. The van der Waals surface area contributed by atoms with Crippen LogP contribution in [0, 0.1) is 25.5 Å². The second-order valence-corrected chi connectivity index (χ2v) is 5.51. The number of aromatic nitrogens is 1. The number of H-pyrrole nitrogens is 1. The third-order valence-electron chi connectivity index (χ3n) is 3.81. The van der Waals surface area contributed by atoms with E-state index >= 15 is 0 Å². The number of halogens is 2. The number of benzene rings is 1. The standard InChI is InChI=1S/C17H18F2N2O3/c1-9-14(17(23)24-4)10(2)20-15(9)16(22)21(3)8-11-5-6-12(18)7-13(11)19/h5-7,20H,8H2,1-4H3. The fraction of sp³-hybridized carbons (Fsp3) is 0.294. The first kappa shape index (κ1) is 17.7. The van der Waals surface area contributed by atoms with E-state index in [1.165, 1.54) is 25.1 Å². The average Bonchev–Trinajstić information content (AvgIpc) is 2.83. The van der Waals surface area contributed by atoms with Gasteiger partial charge >= 0.3 is 5.97 Å². The summed E-state index contributed by atoms with van der Waals surface area (Å²) in [6, 6.07) is 3.20. The van der Waals surface area contributed by atoms with Crippen molar-refractivity contribution < 1.29 is 23.1 Å². The second kappa shape index (κ2) is 6.82. The molecule has 1 aromatic heterocycles. The van der Waals surface area contributed by atoms with Gasteiger partial charge in [0, 0.05) is 30.9 Å². The van der Waals surface area contributed by atoms with E-state index in [2.05, 4.69) is 4.98 Å². The van der Waals surface area contributed by atoms with Crippen molar-refractivity contribution in [1.29, 1.82) is 0 Å². The maximum absolute atomic E-state index is 13.7. The summed E-state index contributed by atoms with van der Waals surface area (Å²) in [6.07, 6.45) is 0. The molecule has 2 rings (SSSR count).